The van der Waals surface area contributed by atoms with Gasteiger partial charge in [0.25, 0.3) is 0 Å². The smallest absolute Gasteiger partial charge is 0.302 e. The number of esters is 1. The van der Waals surface area contributed by atoms with Crippen LogP contribution >= 0.6 is 0 Å². The molecule has 0 unspecified atom stereocenters. The van der Waals surface area contributed by atoms with E-state index in [-0.39, 0.29) is 17.5 Å². The van der Waals surface area contributed by atoms with Crippen LogP contribution in [0.4, 0.5) is 0 Å². The summed E-state index contributed by atoms with van der Waals surface area (Å²) in [6.07, 6.45) is 2.64. The summed E-state index contributed by atoms with van der Waals surface area (Å²) in [7, 11) is 0. The average Bonchev–Trinajstić information content (AvgIpc) is 2.34. The fourth-order valence-corrected chi connectivity index (χ4v) is 4.15. The van der Waals surface area contributed by atoms with Crippen LogP contribution in [0.2, 0.25) is 0 Å². The molecule has 1 heterocycles. The summed E-state index contributed by atoms with van der Waals surface area (Å²) in [6.45, 7) is 13.8. The van der Waals surface area contributed by atoms with Crippen LogP contribution < -0.4 is 0 Å². The summed E-state index contributed by atoms with van der Waals surface area (Å²) in [5, 5.41) is 0. The normalized spacial score (nSPS) is 40.5. The molecule has 1 saturated heterocycles. The number of carbonyl (C=O) groups is 1. The molecule has 20 heavy (non-hydrogen) atoms. The Balaban J connectivity index is 2.33. The summed E-state index contributed by atoms with van der Waals surface area (Å²) in [6, 6.07) is 0. The summed E-state index contributed by atoms with van der Waals surface area (Å²) in [4.78, 5) is 11.2. The standard InChI is InChI=1S/C17H28O3/c1-10(2)16-15-11(3)7-12(4)17(9-20-16,13(15)5)8-19-14(6)18/h7,10,12-13,15-16H,8-9H2,1-6H3/t12-,13+,15+,16+,17+/m0/s1. The maximum Gasteiger partial charge on any atom is 0.302 e. The van der Waals surface area contributed by atoms with Gasteiger partial charge in [-0.15, -0.1) is 0 Å². The molecule has 5 atom stereocenters. The highest BCUT2D eigenvalue weighted by molar-refractivity contribution is 5.65. The van der Waals surface area contributed by atoms with E-state index in [4.69, 9.17) is 9.47 Å². The van der Waals surface area contributed by atoms with E-state index in [1.807, 2.05) is 0 Å². The first-order chi connectivity index (χ1) is 9.29. The van der Waals surface area contributed by atoms with E-state index >= 15 is 0 Å². The van der Waals surface area contributed by atoms with Gasteiger partial charge in [0.05, 0.1) is 19.3 Å². The molecule has 1 aliphatic heterocycles. The number of allylic oxidation sites excluding steroid dienone is 1. The lowest BCUT2D eigenvalue weighted by atomic mass is 9.55. The van der Waals surface area contributed by atoms with Crippen LogP contribution in [-0.4, -0.2) is 25.3 Å². The van der Waals surface area contributed by atoms with Crippen molar-refractivity contribution in [3.05, 3.63) is 11.6 Å². The number of ether oxygens (including phenoxy) is 2. The monoisotopic (exact) mass is 280 g/mol. The molecule has 0 amide bonds. The zero-order chi connectivity index (χ0) is 15.1. The average molecular weight is 280 g/mol. The van der Waals surface area contributed by atoms with Crippen molar-refractivity contribution in [1.29, 1.82) is 0 Å². The highest BCUT2D eigenvalue weighted by Gasteiger charge is 2.54. The van der Waals surface area contributed by atoms with Crippen molar-refractivity contribution in [2.75, 3.05) is 13.2 Å². The van der Waals surface area contributed by atoms with Gasteiger partial charge in [-0.1, -0.05) is 39.3 Å². The van der Waals surface area contributed by atoms with Crippen molar-refractivity contribution in [3.8, 4) is 0 Å². The summed E-state index contributed by atoms with van der Waals surface area (Å²) >= 11 is 0. The number of carbonyl (C=O) groups excluding carboxylic acids is 1. The Morgan fingerprint density at radius 3 is 2.70 bits per heavy atom. The van der Waals surface area contributed by atoms with E-state index < -0.39 is 0 Å². The van der Waals surface area contributed by atoms with Gasteiger partial charge in [-0.05, 0) is 24.7 Å². The molecular weight excluding hydrogens is 252 g/mol. The summed E-state index contributed by atoms with van der Waals surface area (Å²) in [5.41, 5.74) is 1.36. The van der Waals surface area contributed by atoms with Crippen molar-refractivity contribution in [2.24, 2.45) is 29.1 Å². The minimum Gasteiger partial charge on any atom is -0.465 e. The van der Waals surface area contributed by atoms with Crippen LogP contribution in [0.15, 0.2) is 11.6 Å². The molecular formula is C17H28O3. The lowest BCUT2D eigenvalue weighted by Crippen LogP contribution is -2.57. The van der Waals surface area contributed by atoms with E-state index in [2.05, 4.69) is 40.7 Å². The Morgan fingerprint density at radius 2 is 2.15 bits per heavy atom. The fraction of sp³-hybridized carbons (Fsp3) is 0.824. The van der Waals surface area contributed by atoms with Crippen LogP contribution in [-0.2, 0) is 14.3 Å². The molecule has 3 nitrogen and oxygen atoms in total. The predicted molar refractivity (Wildman–Crippen MR) is 79.2 cm³/mol. The Kier molecular flexibility index (Phi) is 4.29. The molecule has 0 radical (unpaired) electrons. The minimum absolute atomic E-state index is 0.0682. The quantitative estimate of drug-likeness (QED) is 0.587. The van der Waals surface area contributed by atoms with Crippen LogP contribution in [0, 0.1) is 29.1 Å². The van der Waals surface area contributed by atoms with Gasteiger partial charge in [0.2, 0.25) is 0 Å². The molecule has 0 aromatic heterocycles. The van der Waals surface area contributed by atoms with Crippen LogP contribution in [0.25, 0.3) is 0 Å². The fourth-order valence-electron chi connectivity index (χ4n) is 4.15. The van der Waals surface area contributed by atoms with Gasteiger partial charge < -0.3 is 9.47 Å². The summed E-state index contributed by atoms with van der Waals surface area (Å²) < 4.78 is 11.6. The van der Waals surface area contributed by atoms with Crippen LogP contribution in [0.5, 0.6) is 0 Å². The molecule has 2 bridgehead atoms. The number of hydrogen-bond acceptors (Lipinski definition) is 3. The second kappa shape index (κ2) is 5.51. The molecule has 1 aliphatic carbocycles. The highest BCUT2D eigenvalue weighted by Crippen LogP contribution is 2.53. The van der Waals surface area contributed by atoms with Crippen molar-refractivity contribution in [1.82, 2.24) is 0 Å². The Labute approximate surface area is 122 Å². The molecule has 2 rings (SSSR count). The van der Waals surface area contributed by atoms with E-state index in [0.29, 0.717) is 36.9 Å². The molecule has 0 spiro atoms. The van der Waals surface area contributed by atoms with Gasteiger partial charge in [0.1, 0.15) is 0 Å². The second-order valence-electron chi connectivity index (χ2n) is 7.05. The predicted octanol–water partition coefficient (Wildman–Crippen LogP) is 3.44. The lowest BCUT2D eigenvalue weighted by molar-refractivity contribution is -0.186. The van der Waals surface area contributed by atoms with E-state index in [9.17, 15) is 4.79 Å². The van der Waals surface area contributed by atoms with Gasteiger partial charge in [-0.3, -0.25) is 4.79 Å². The lowest BCUT2D eigenvalue weighted by Gasteiger charge is -2.56. The first-order valence-electron chi connectivity index (χ1n) is 7.73. The van der Waals surface area contributed by atoms with Gasteiger partial charge >= 0.3 is 5.97 Å². The van der Waals surface area contributed by atoms with E-state index in [0.717, 1.165) is 0 Å². The van der Waals surface area contributed by atoms with Gasteiger partial charge in [-0.2, -0.15) is 0 Å². The second-order valence-corrected chi connectivity index (χ2v) is 7.05. The number of rotatable bonds is 3. The molecule has 0 N–H and O–H groups in total. The van der Waals surface area contributed by atoms with Gasteiger partial charge in [0.15, 0.2) is 0 Å². The topological polar surface area (TPSA) is 35.5 Å². The van der Waals surface area contributed by atoms with Crippen LogP contribution in [0.3, 0.4) is 0 Å². The Morgan fingerprint density at radius 1 is 1.50 bits per heavy atom. The summed E-state index contributed by atoms with van der Waals surface area (Å²) in [5.74, 6) is 1.60. The molecule has 3 heteroatoms. The molecule has 0 aromatic carbocycles. The van der Waals surface area contributed by atoms with Crippen molar-refractivity contribution in [2.45, 2.75) is 47.6 Å². The SMILES string of the molecule is CC(=O)OC[C@@]12CO[C@H](C(C)C)[C@H](C(C)=C[C@@H]1C)[C@H]2C. The third-order valence-electron chi connectivity index (χ3n) is 5.49. The minimum atomic E-state index is -0.201. The van der Waals surface area contributed by atoms with Crippen LogP contribution in [0.1, 0.15) is 41.5 Å². The maximum absolute atomic E-state index is 11.2. The molecule has 0 saturated carbocycles. The van der Waals surface area contributed by atoms with Crippen molar-refractivity contribution in [3.63, 3.8) is 0 Å². The Bertz CT molecular complexity index is 412. The van der Waals surface area contributed by atoms with E-state index in [1.54, 1.807) is 0 Å². The van der Waals surface area contributed by atoms with E-state index in [1.165, 1.54) is 12.5 Å². The van der Waals surface area contributed by atoms with Gasteiger partial charge in [-0.25, -0.2) is 0 Å². The third kappa shape index (κ3) is 2.41. The number of hydrogen-bond donors (Lipinski definition) is 0. The molecule has 2 aliphatic rings. The molecule has 114 valence electrons. The first-order valence-corrected chi connectivity index (χ1v) is 7.73. The van der Waals surface area contributed by atoms with Gasteiger partial charge in [0, 0.05) is 18.3 Å². The first kappa shape index (κ1) is 15.6. The maximum atomic E-state index is 11.2. The zero-order valence-corrected chi connectivity index (χ0v) is 13.6. The third-order valence-corrected chi connectivity index (χ3v) is 5.49. The molecule has 0 aromatic rings. The zero-order valence-electron chi connectivity index (χ0n) is 13.6. The molecule has 1 fully saturated rings. The Hall–Kier alpha value is -0.830. The van der Waals surface area contributed by atoms with Crippen molar-refractivity contribution < 1.29 is 14.3 Å². The van der Waals surface area contributed by atoms with Crippen molar-refractivity contribution >= 4 is 5.97 Å². The largest absolute Gasteiger partial charge is 0.465 e. The number of fused-ring (bicyclic) bond motifs is 2. The highest BCUT2D eigenvalue weighted by atomic mass is 16.5.